The molecule has 3 heterocycles. The summed E-state index contributed by atoms with van der Waals surface area (Å²) in [4.78, 5) is 18.8. The Hall–Kier alpha value is -2.61. The van der Waals surface area contributed by atoms with Gasteiger partial charge in [0, 0.05) is 31.6 Å². The molecule has 0 bridgehead atoms. The van der Waals surface area contributed by atoms with Gasteiger partial charge in [0.15, 0.2) is 11.5 Å². The van der Waals surface area contributed by atoms with Gasteiger partial charge in [-0.15, -0.1) is 0 Å². The lowest BCUT2D eigenvalue weighted by molar-refractivity contribution is -0.152. The third-order valence-corrected chi connectivity index (χ3v) is 5.44. The Bertz CT molecular complexity index is 865. The molecule has 4 rings (SSSR count). The van der Waals surface area contributed by atoms with E-state index in [0.717, 1.165) is 11.4 Å². The Morgan fingerprint density at radius 3 is 2.96 bits per heavy atom. The highest BCUT2D eigenvalue weighted by Crippen LogP contribution is 2.52. The molecule has 2 aliphatic rings. The SMILES string of the molecule is COc1cccc2c1OC[C@@]1(C(=O)O)CN(Cc3nc(C)nn3C)C[C@@H]21. The van der Waals surface area contributed by atoms with Crippen LogP contribution >= 0.6 is 0 Å². The van der Waals surface area contributed by atoms with Crippen LogP contribution in [0.3, 0.4) is 0 Å². The summed E-state index contributed by atoms with van der Waals surface area (Å²) >= 11 is 0. The first-order valence-corrected chi connectivity index (χ1v) is 8.56. The Morgan fingerprint density at radius 1 is 1.50 bits per heavy atom. The Labute approximate surface area is 151 Å². The number of fused-ring (bicyclic) bond motifs is 3. The van der Waals surface area contributed by atoms with Crippen LogP contribution in [0, 0.1) is 12.3 Å². The molecule has 0 aliphatic carbocycles. The maximum Gasteiger partial charge on any atom is 0.315 e. The predicted octanol–water partition coefficient (Wildman–Crippen LogP) is 1.19. The van der Waals surface area contributed by atoms with E-state index in [2.05, 4.69) is 15.0 Å². The van der Waals surface area contributed by atoms with E-state index in [0.29, 0.717) is 37.0 Å². The summed E-state index contributed by atoms with van der Waals surface area (Å²) in [5, 5.41) is 14.3. The molecule has 0 amide bonds. The van der Waals surface area contributed by atoms with Crippen molar-refractivity contribution in [2.75, 3.05) is 26.8 Å². The highest BCUT2D eigenvalue weighted by Gasteiger charge is 2.57. The summed E-state index contributed by atoms with van der Waals surface area (Å²) in [6, 6.07) is 5.66. The van der Waals surface area contributed by atoms with E-state index in [-0.39, 0.29) is 12.5 Å². The number of benzene rings is 1. The monoisotopic (exact) mass is 358 g/mol. The molecule has 0 radical (unpaired) electrons. The Kier molecular flexibility index (Phi) is 3.87. The fraction of sp³-hybridized carbons (Fsp3) is 0.500. The number of ether oxygens (including phenoxy) is 2. The summed E-state index contributed by atoms with van der Waals surface area (Å²) < 4.78 is 13.0. The number of carboxylic acid groups (broad SMARTS) is 1. The second-order valence-electron chi connectivity index (χ2n) is 7.05. The first-order valence-electron chi connectivity index (χ1n) is 8.56. The van der Waals surface area contributed by atoms with E-state index >= 15 is 0 Å². The lowest BCUT2D eigenvalue weighted by atomic mass is 9.73. The zero-order valence-corrected chi connectivity index (χ0v) is 15.1. The average Bonchev–Trinajstić information content (AvgIpc) is 3.14. The van der Waals surface area contributed by atoms with Crippen LogP contribution in [0.2, 0.25) is 0 Å². The van der Waals surface area contributed by atoms with Gasteiger partial charge in [0.1, 0.15) is 23.7 Å². The molecule has 8 heteroatoms. The van der Waals surface area contributed by atoms with Crippen molar-refractivity contribution in [2.24, 2.45) is 12.5 Å². The number of aromatic nitrogens is 3. The largest absolute Gasteiger partial charge is 0.493 e. The van der Waals surface area contributed by atoms with E-state index in [4.69, 9.17) is 9.47 Å². The van der Waals surface area contributed by atoms with Gasteiger partial charge in [0.2, 0.25) is 0 Å². The van der Waals surface area contributed by atoms with Crippen LogP contribution < -0.4 is 9.47 Å². The van der Waals surface area contributed by atoms with Gasteiger partial charge in [-0.05, 0) is 13.0 Å². The van der Waals surface area contributed by atoms with Gasteiger partial charge in [-0.3, -0.25) is 14.4 Å². The van der Waals surface area contributed by atoms with Gasteiger partial charge in [0.05, 0.1) is 13.7 Å². The zero-order chi connectivity index (χ0) is 18.5. The molecule has 1 N–H and O–H groups in total. The number of methoxy groups -OCH3 is 1. The van der Waals surface area contributed by atoms with E-state index in [1.165, 1.54) is 0 Å². The number of likely N-dealkylation sites (tertiary alicyclic amines) is 1. The van der Waals surface area contributed by atoms with E-state index in [9.17, 15) is 9.90 Å². The van der Waals surface area contributed by atoms with Crippen molar-refractivity contribution >= 4 is 5.97 Å². The van der Waals surface area contributed by atoms with Crippen LogP contribution in [-0.4, -0.2) is 57.5 Å². The molecular formula is C18H22N4O4. The van der Waals surface area contributed by atoms with Gasteiger partial charge in [-0.2, -0.15) is 5.10 Å². The van der Waals surface area contributed by atoms with Crippen molar-refractivity contribution in [2.45, 2.75) is 19.4 Å². The quantitative estimate of drug-likeness (QED) is 0.878. The second-order valence-corrected chi connectivity index (χ2v) is 7.05. The molecule has 8 nitrogen and oxygen atoms in total. The fourth-order valence-electron chi connectivity index (χ4n) is 4.17. The Morgan fingerprint density at radius 2 is 2.31 bits per heavy atom. The topological polar surface area (TPSA) is 89.7 Å². The Balaban J connectivity index is 1.69. The molecule has 2 atom stereocenters. The molecule has 0 saturated carbocycles. The van der Waals surface area contributed by atoms with Gasteiger partial charge in [0.25, 0.3) is 0 Å². The minimum Gasteiger partial charge on any atom is -0.493 e. The summed E-state index contributed by atoms with van der Waals surface area (Å²) in [5.74, 6) is 1.86. The summed E-state index contributed by atoms with van der Waals surface area (Å²) in [6.45, 7) is 3.58. The third-order valence-electron chi connectivity index (χ3n) is 5.44. The first-order chi connectivity index (χ1) is 12.4. The molecule has 1 fully saturated rings. The molecule has 1 saturated heterocycles. The number of para-hydroxylation sites is 1. The number of aryl methyl sites for hydroxylation is 2. The van der Waals surface area contributed by atoms with E-state index < -0.39 is 11.4 Å². The van der Waals surface area contributed by atoms with E-state index in [1.54, 1.807) is 11.8 Å². The molecule has 2 aromatic rings. The van der Waals surface area contributed by atoms with Crippen molar-refractivity contribution in [3.05, 3.63) is 35.4 Å². The number of carboxylic acids is 1. The standard InChI is InChI=1S/C18H22N4O4/c1-11-19-15(21(2)20-11)8-22-7-13-12-5-4-6-14(25-3)16(12)26-10-18(13,9-22)17(23)24/h4-6,13H,7-10H2,1-3H3,(H,23,24)/t13-,18-/m0/s1. The number of hydrogen-bond donors (Lipinski definition) is 1. The van der Waals surface area contributed by atoms with Crippen molar-refractivity contribution in [3.8, 4) is 11.5 Å². The average molecular weight is 358 g/mol. The number of carbonyl (C=O) groups is 1. The lowest BCUT2D eigenvalue weighted by Crippen LogP contribution is -2.45. The van der Waals surface area contributed by atoms with Gasteiger partial charge in [-0.25, -0.2) is 4.98 Å². The lowest BCUT2D eigenvalue weighted by Gasteiger charge is -2.36. The van der Waals surface area contributed by atoms with Gasteiger partial charge in [-0.1, -0.05) is 12.1 Å². The maximum absolute atomic E-state index is 12.2. The molecule has 0 unspecified atom stereocenters. The van der Waals surface area contributed by atoms with E-state index in [1.807, 2.05) is 32.2 Å². The molecule has 1 aromatic heterocycles. The molecule has 1 aromatic carbocycles. The first kappa shape index (κ1) is 16.8. The molecule has 138 valence electrons. The highest BCUT2D eigenvalue weighted by molar-refractivity contribution is 5.78. The number of nitrogens with zero attached hydrogens (tertiary/aromatic N) is 4. The highest BCUT2D eigenvalue weighted by atomic mass is 16.5. The van der Waals surface area contributed by atoms with Gasteiger partial charge >= 0.3 is 5.97 Å². The zero-order valence-electron chi connectivity index (χ0n) is 15.1. The van der Waals surface area contributed by atoms with Crippen LogP contribution in [0.25, 0.3) is 0 Å². The maximum atomic E-state index is 12.2. The smallest absolute Gasteiger partial charge is 0.315 e. The molecular weight excluding hydrogens is 336 g/mol. The molecule has 26 heavy (non-hydrogen) atoms. The minimum atomic E-state index is -0.965. The molecule has 0 spiro atoms. The fourth-order valence-corrected chi connectivity index (χ4v) is 4.17. The van der Waals surface area contributed by atoms with Crippen molar-refractivity contribution in [1.29, 1.82) is 0 Å². The van der Waals surface area contributed by atoms with Crippen LogP contribution in [0.5, 0.6) is 11.5 Å². The van der Waals surface area contributed by atoms with Crippen molar-refractivity contribution < 1.29 is 19.4 Å². The van der Waals surface area contributed by atoms with Crippen molar-refractivity contribution in [3.63, 3.8) is 0 Å². The molecule has 2 aliphatic heterocycles. The van der Waals surface area contributed by atoms with Crippen LogP contribution in [0.15, 0.2) is 18.2 Å². The normalized spacial score (nSPS) is 24.7. The predicted molar refractivity (Wildman–Crippen MR) is 92.3 cm³/mol. The number of aliphatic carboxylic acids is 1. The minimum absolute atomic E-state index is 0.134. The van der Waals surface area contributed by atoms with Crippen LogP contribution in [-0.2, 0) is 18.4 Å². The second kappa shape index (κ2) is 5.98. The summed E-state index contributed by atoms with van der Waals surface area (Å²) in [7, 11) is 3.45. The van der Waals surface area contributed by atoms with Crippen LogP contribution in [0.1, 0.15) is 23.1 Å². The third kappa shape index (κ3) is 2.44. The van der Waals surface area contributed by atoms with Crippen molar-refractivity contribution in [1.82, 2.24) is 19.7 Å². The van der Waals surface area contributed by atoms with Gasteiger partial charge < -0.3 is 14.6 Å². The number of rotatable bonds is 4. The summed E-state index contributed by atoms with van der Waals surface area (Å²) in [6.07, 6.45) is 0. The summed E-state index contributed by atoms with van der Waals surface area (Å²) in [5.41, 5.74) is -0.0675. The van der Waals surface area contributed by atoms with Crippen LogP contribution in [0.4, 0.5) is 0 Å². The number of hydrogen-bond acceptors (Lipinski definition) is 6.